The Labute approximate surface area is 86.0 Å². The first-order valence-corrected chi connectivity index (χ1v) is 6.41. The summed E-state index contributed by atoms with van der Waals surface area (Å²) in [6.07, 6.45) is 10.5. The van der Waals surface area contributed by atoms with Gasteiger partial charge in [0.25, 0.3) is 0 Å². The SMILES string of the molecule is ClCC1(CC2CC3CCC2C3)CC1. The molecule has 0 aromatic heterocycles. The largest absolute Gasteiger partial charge is 0.126 e. The molecule has 0 radical (unpaired) electrons. The van der Waals surface area contributed by atoms with Crippen molar-refractivity contribution in [1.82, 2.24) is 0 Å². The van der Waals surface area contributed by atoms with Gasteiger partial charge in [0.1, 0.15) is 0 Å². The molecule has 3 unspecified atom stereocenters. The van der Waals surface area contributed by atoms with Gasteiger partial charge in [0.05, 0.1) is 0 Å². The van der Waals surface area contributed by atoms with Gasteiger partial charge < -0.3 is 0 Å². The maximum atomic E-state index is 6.04. The average molecular weight is 199 g/mol. The molecule has 0 spiro atoms. The first-order valence-electron chi connectivity index (χ1n) is 5.87. The van der Waals surface area contributed by atoms with Crippen molar-refractivity contribution in [3.8, 4) is 0 Å². The predicted molar refractivity (Wildman–Crippen MR) is 55.9 cm³/mol. The number of hydrogen-bond acceptors (Lipinski definition) is 0. The van der Waals surface area contributed by atoms with Crippen LogP contribution in [0, 0.1) is 23.2 Å². The van der Waals surface area contributed by atoms with E-state index in [1.807, 2.05) is 0 Å². The van der Waals surface area contributed by atoms with E-state index in [-0.39, 0.29) is 0 Å². The van der Waals surface area contributed by atoms with Crippen molar-refractivity contribution in [3.05, 3.63) is 0 Å². The monoisotopic (exact) mass is 198 g/mol. The van der Waals surface area contributed by atoms with E-state index in [0.717, 1.165) is 23.6 Å². The zero-order valence-electron chi connectivity index (χ0n) is 8.27. The van der Waals surface area contributed by atoms with E-state index in [0.29, 0.717) is 5.41 Å². The highest BCUT2D eigenvalue weighted by Crippen LogP contribution is 2.58. The lowest BCUT2D eigenvalue weighted by Crippen LogP contribution is -2.16. The third-order valence-corrected chi connectivity index (χ3v) is 5.39. The van der Waals surface area contributed by atoms with Gasteiger partial charge in [0, 0.05) is 5.88 Å². The molecule has 0 aromatic carbocycles. The van der Waals surface area contributed by atoms with Crippen LogP contribution in [-0.2, 0) is 0 Å². The minimum atomic E-state index is 0.622. The van der Waals surface area contributed by atoms with Crippen LogP contribution in [0.1, 0.15) is 44.9 Å². The van der Waals surface area contributed by atoms with Crippen molar-refractivity contribution < 1.29 is 0 Å². The van der Waals surface area contributed by atoms with Crippen LogP contribution in [0.4, 0.5) is 0 Å². The van der Waals surface area contributed by atoms with Gasteiger partial charge in [0.15, 0.2) is 0 Å². The van der Waals surface area contributed by atoms with Crippen LogP contribution < -0.4 is 0 Å². The Morgan fingerprint density at radius 3 is 2.46 bits per heavy atom. The van der Waals surface area contributed by atoms with Crippen molar-refractivity contribution in [2.45, 2.75) is 44.9 Å². The molecule has 74 valence electrons. The van der Waals surface area contributed by atoms with Crippen molar-refractivity contribution in [3.63, 3.8) is 0 Å². The summed E-state index contributed by atoms with van der Waals surface area (Å²) in [5.74, 6) is 4.22. The Morgan fingerprint density at radius 1 is 1.15 bits per heavy atom. The predicted octanol–water partition coefficient (Wildman–Crippen LogP) is 3.83. The maximum Gasteiger partial charge on any atom is 0.0280 e. The molecule has 1 heteroatoms. The molecule has 0 aromatic rings. The first kappa shape index (κ1) is 8.59. The Balaban J connectivity index is 1.62. The van der Waals surface area contributed by atoms with Crippen LogP contribution >= 0.6 is 11.6 Å². The fraction of sp³-hybridized carbons (Fsp3) is 1.00. The van der Waals surface area contributed by atoms with Crippen LogP contribution in [0.25, 0.3) is 0 Å². The van der Waals surface area contributed by atoms with Crippen LogP contribution in [-0.4, -0.2) is 5.88 Å². The van der Waals surface area contributed by atoms with Crippen LogP contribution in [0.5, 0.6) is 0 Å². The first-order chi connectivity index (χ1) is 6.31. The van der Waals surface area contributed by atoms with Gasteiger partial charge >= 0.3 is 0 Å². The molecule has 3 fully saturated rings. The molecule has 2 bridgehead atoms. The minimum absolute atomic E-state index is 0.622. The maximum absolute atomic E-state index is 6.04. The molecule has 0 nitrogen and oxygen atoms in total. The van der Waals surface area contributed by atoms with Crippen molar-refractivity contribution in [1.29, 1.82) is 0 Å². The Bertz CT molecular complexity index is 207. The number of fused-ring (bicyclic) bond motifs is 2. The fourth-order valence-electron chi connectivity index (χ4n) is 3.75. The van der Waals surface area contributed by atoms with E-state index < -0.39 is 0 Å². The van der Waals surface area contributed by atoms with Gasteiger partial charge in [-0.3, -0.25) is 0 Å². The highest BCUT2D eigenvalue weighted by molar-refractivity contribution is 6.18. The number of rotatable bonds is 3. The molecule has 0 heterocycles. The van der Waals surface area contributed by atoms with E-state index in [1.165, 1.54) is 32.1 Å². The molecule has 3 rings (SSSR count). The summed E-state index contributed by atoms with van der Waals surface area (Å²) in [6, 6.07) is 0. The summed E-state index contributed by atoms with van der Waals surface area (Å²) in [6.45, 7) is 0. The fourth-order valence-corrected chi connectivity index (χ4v) is 4.13. The molecule has 13 heavy (non-hydrogen) atoms. The second kappa shape index (κ2) is 2.89. The molecule has 3 aliphatic carbocycles. The molecular formula is C12H19Cl. The molecule has 3 saturated carbocycles. The lowest BCUT2D eigenvalue weighted by atomic mass is 9.81. The minimum Gasteiger partial charge on any atom is -0.126 e. The molecule has 0 saturated heterocycles. The van der Waals surface area contributed by atoms with Crippen molar-refractivity contribution in [2.24, 2.45) is 23.2 Å². The quantitative estimate of drug-likeness (QED) is 0.605. The number of hydrogen-bond donors (Lipinski definition) is 0. The lowest BCUT2D eigenvalue weighted by molar-refractivity contribution is 0.267. The Hall–Kier alpha value is 0.290. The van der Waals surface area contributed by atoms with E-state index in [2.05, 4.69) is 0 Å². The average Bonchev–Trinajstić information content (AvgIpc) is 2.62. The third-order valence-electron chi connectivity index (χ3n) is 4.82. The van der Waals surface area contributed by atoms with Crippen LogP contribution in [0.3, 0.4) is 0 Å². The van der Waals surface area contributed by atoms with Gasteiger partial charge in [-0.25, -0.2) is 0 Å². The van der Waals surface area contributed by atoms with E-state index in [1.54, 1.807) is 12.8 Å². The van der Waals surface area contributed by atoms with Crippen LogP contribution in [0.15, 0.2) is 0 Å². The van der Waals surface area contributed by atoms with Gasteiger partial charge in [-0.1, -0.05) is 6.42 Å². The summed E-state index contributed by atoms with van der Waals surface area (Å²) in [7, 11) is 0. The molecule has 0 N–H and O–H groups in total. The van der Waals surface area contributed by atoms with Gasteiger partial charge in [-0.05, 0) is 61.7 Å². The van der Waals surface area contributed by atoms with E-state index in [4.69, 9.17) is 11.6 Å². The van der Waals surface area contributed by atoms with E-state index in [9.17, 15) is 0 Å². The standard InChI is InChI=1S/C12H19Cl/c13-8-12(3-4-12)7-11-6-9-1-2-10(11)5-9/h9-11H,1-8H2. The number of alkyl halides is 1. The summed E-state index contributed by atoms with van der Waals surface area (Å²) in [5.41, 5.74) is 0.622. The Kier molecular flexibility index (Phi) is 1.91. The van der Waals surface area contributed by atoms with Crippen molar-refractivity contribution in [2.75, 3.05) is 5.88 Å². The summed E-state index contributed by atoms with van der Waals surface area (Å²) >= 11 is 6.04. The molecule has 0 aliphatic heterocycles. The summed E-state index contributed by atoms with van der Waals surface area (Å²) < 4.78 is 0. The molecular weight excluding hydrogens is 180 g/mol. The number of halogens is 1. The highest BCUT2D eigenvalue weighted by atomic mass is 35.5. The van der Waals surface area contributed by atoms with Crippen molar-refractivity contribution >= 4 is 11.6 Å². The van der Waals surface area contributed by atoms with Gasteiger partial charge in [-0.2, -0.15) is 0 Å². The summed E-state index contributed by atoms with van der Waals surface area (Å²) in [4.78, 5) is 0. The summed E-state index contributed by atoms with van der Waals surface area (Å²) in [5, 5.41) is 0. The molecule has 3 aliphatic rings. The van der Waals surface area contributed by atoms with Gasteiger partial charge in [0.2, 0.25) is 0 Å². The van der Waals surface area contributed by atoms with Crippen LogP contribution in [0.2, 0.25) is 0 Å². The molecule has 0 amide bonds. The zero-order chi connectivity index (χ0) is 8.89. The second-order valence-corrected chi connectivity index (χ2v) is 6.04. The van der Waals surface area contributed by atoms with E-state index >= 15 is 0 Å². The third kappa shape index (κ3) is 1.42. The lowest BCUT2D eigenvalue weighted by Gasteiger charge is -2.25. The Morgan fingerprint density at radius 2 is 2.00 bits per heavy atom. The topological polar surface area (TPSA) is 0 Å². The zero-order valence-corrected chi connectivity index (χ0v) is 9.02. The smallest absolute Gasteiger partial charge is 0.0280 e. The van der Waals surface area contributed by atoms with Gasteiger partial charge in [-0.15, -0.1) is 11.6 Å². The molecule has 3 atom stereocenters. The normalized spacial score (nSPS) is 45.5. The highest BCUT2D eigenvalue weighted by Gasteiger charge is 2.48. The second-order valence-electron chi connectivity index (χ2n) is 5.77.